The zero-order chi connectivity index (χ0) is 16.4. The van der Waals surface area contributed by atoms with E-state index in [0.717, 1.165) is 53.0 Å². The molecule has 3 nitrogen and oxygen atoms in total. The summed E-state index contributed by atoms with van der Waals surface area (Å²) in [5.74, 6) is -0.233. The second kappa shape index (κ2) is 6.32. The number of benzene rings is 2. The number of aromatic nitrogens is 2. The van der Waals surface area contributed by atoms with E-state index in [-0.39, 0.29) is 5.82 Å². The molecule has 1 aliphatic rings. The molecule has 0 amide bonds. The Kier molecular flexibility index (Phi) is 3.87. The van der Waals surface area contributed by atoms with Gasteiger partial charge in [0, 0.05) is 23.9 Å². The molecule has 1 aromatic heterocycles. The van der Waals surface area contributed by atoms with Gasteiger partial charge >= 0.3 is 0 Å². The van der Waals surface area contributed by atoms with Crippen molar-refractivity contribution in [3.05, 3.63) is 77.9 Å². The second-order valence-electron chi connectivity index (χ2n) is 5.83. The van der Waals surface area contributed by atoms with Crippen molar-refractivity contribution in [2.24, 2.45) is 4.99 Å². The van der Waals surface area contributed by atoms with E-state index in [1.54, 1.807) is 6.07 Å². The first kappa shape index (κ1) is 14.7. The average molecular weight is 317 g/mol. The summed E-state index contributed by atoms with van der Waals surface area (Å²) in [4.78, 5) is 13.7. The zero-order valence-electron chi connectivity index (χ0n) is 13.1. The van der Waals surface area contributed by atoms with Gasteiger partial charge in [-0.25, -0.2) is 9.37 Å². The van der Waals surface area contributed by atoms with Crippen molar-refractivity contribution < 1.29 is 4.39 Å². The standard InChI is InChI=1S/C20H16FN3/c21-15-5-3-4-14(12-15)18-11-10-16(23-18)8-9-17-13-22-19-6-1-2-7-20(19)24-17/h1-7,11-13H,8-10H2. The third kappa shape index (κ3) is 3.08. The van der Waals surface area contributed by atoms with Crippen molar-refractivity contribution >= 4 is 22.4 Å². The highest BCUT2D eigenvalue weighted by Gasteiger charge is 2.11. The SMILES string of the molecule is Fc1cccc(C2=CCC(CCc3cnc4ccccc4n3)=N2)c1. The molecular weight excluding hydrogens is 301 g/mol. The summed E-state index contributed by atoms with van der Waals surface area (Å²) in [5.41, 5.74) is 5.58. The van der Waals surface area contributed by atoms with Gasteiger partial charge in [0.1, 0.15) is 5.82 Å². The van der Waals surface area contributed by atoms with Gasteiger partial charge in [-0.05, 0) is 37.1 Å². The number of halogens is 1. The summed E-state index contributed by atoms with van der Waals surface area (Å²) in [6.45, 7) is 0. The highest BCUT2D eigenvalue weighted by atomic mass is 19.1. The average Bonchev–Trinajstić information content (AvgIpc) is 3.09. The normalized spacial score (nSPS) is 13.9. The number of para-hydroxylation sites is 2. The number of rotatable bonds is 4. The Morgan fingerprint density at radius 1 is 0.958 bits per heavy atom. The number of hydrogen-bond acceptors (Lipinski definition) is 3. The first-order chi connectivity index (χ1) is 11.8. The van der Waals surface area contributed by atoms with E-state index in [0.29, 0.717) is 0 Å². The van der Waals surface area contributed by atoms with Crippen LogP contribution in [-0.2, 0) is 6.42 Å². The molecule has 118 valence electrons. The van der Waals surface area contributed by atoms with Crippen molar-refractivity contribution in [1.82, 2.24) is 9.97 Å². The first-order valence-electron chi connectivity index (χ1n) is 8.01. The van der Waals surface area contributed by atoms with E-state index in [4.69, 9.17) is 0 Å². The molecule has 4 heteroatoms. The van der Waals surface area contributed by atoms with Gasteiger partial charge in [0.05, 0.1) is 22.4 Å². The molecule has 0 spiro atoms. The third-order valence-corrected chi connectivity index (χ3v) is 4.10. The fraction of sp³-hybridized carbons (Fsp3) is 0.150. The lowest BCUT2D eigenvalue weighted by Crippen LogP contribution is -1.99. The van der Waals surface area contributed by atoms with Crippen LogP contribution in [0.5, 0.6) is 0 Å². The Hall–Kier alpha value is -2.88. The van der Waals surface area contributed by atoms with Crippen LogP contribution in [0.25, 0.3) is 16.7 Å². The molecule has 24 heavy (non-hydrogen) atoms. The van der Waals surface area contributed by atoms with E-state index in [9.17, 15) is 4.39 Å². The van der Waals surface area contributed by atoms with Gasteiger partial charge in [0.2, 0.25) is 0 Å². The van der Waals surface area contributed by atoms with Crippen LogP contribution in [0.2, 0.25) is 0 Å². The van der Waals surface area contributed by atoms with E-state index in [2.05, 4.69) is 21.0 Å². The fourth-order valence-electron chi connectivity index (χ4n) is 2.85. The third-order valence-electron chi connectivity index (χ3n) is 4.10. The van der Waals surface area contributed by atoms with Gasteiger partial charge in [-0.1, -0.05) is 30.3 Å². The molecule has 0 saturated carbocycles. The summed E-state index contributed by atoms with van der Waals surface area (Å²) >= 11 is 0. The lowest BCUT2D eigenvalue weighted by Gasteiger charge is -2.03. The Bertz CT molecular complexity index is 960. The molecular formula is C20H16FN3. The van der Waals surface area contributed by atoms with Gasteiger partial charge in [0.15, 0.2) is 0 Å². The van der Waals surface area contributed by atoms with Crippen LogP contribution in [0.15, 0.2) is 65.8 Å². The number of fused-ring (bicyclic) bond motifs is 1. The maximum atomic E-state index is 13.3. The van der Waals surface area contributed by atoms with E-state index < -0.39 is 0 Å². The van der Waals surface area contributed by atoms with Crippen LogP contribution in [0.1, 0.15) is 24.1 Å². The van der Waals surface area contributed by atoms with Gasteiger partial charge in [-0.2, -0.15) is 0 Å². The van der Waals surface area contributed by atoms with Crippen molar-refractivity contribution in [2.75, 3.05) is 0 Å². The van der Waals surface area contributed by atoms with Crippen LogP contribution >= 0.6 is 0 Å². The molecule has 0 radical (unpaired) electrons. The topological polar surface area (TPSA) is 38.1 Å². The predicted molar refractivity (Wildman–Crippen MR) is 94.3 cm³/mol. The number of nitrogens with zero attached hydrogens (tertiary/aromatic N) is 3. The largest absolute Gasteiger partial charge is 0.257 e. The molecule has 2 aromatic carbocycles. The summed E-state index contributed by atoms with van der Waals surface area (Å²) in [5, 5.41) is 0. The maximum Gasteiger partial charge on any atom is 0.123 e. The summed E-state index contributed by atoms with van der Waals surface area (Å²) in [6, 6.07) is 14.4. The van der Waals surface area contributed by atoms with Crippen LogP contribution in [0.4, 0.5) is 4.39 Å². The fourth-order valence-corrected chi connectivity index (χ4v) is 2.85. The first-order valence-corrected chi connectivity index (χ1v) is 8.01. The molecule has 4 rings (SSSR count). The second-order valence-corrected chi connectivity index (χ2v) is 5.83. The Labute approximate surface area is 139 Å². The van der Waals surface area contributed by atoms with Gasteiger partial charge < -0.3 is 0 Å². The van der Waals surface area contributed by atoms with Gasteiger partial charge in [-0.3, -0.25) is 9.98 Å². The number of aryl methyl sites for hydroxylation is 1. The van der Waals surface area contributed by atoms with Crippen molar-refractivity contribution in [3.63, 3.8) is 0 Å². The molecule has 0 fully saturated rings. The molecule has 0 unspecified atom stereocenters. The van der Waals surface area contributed by atoms with Crippen LogP contribution in [0, 0.1) is 5.82 Å². The quantitative estimate of drug-likeness (QED) is 0.706. The molecule has 0 N–H and O–H groups in total. The summed E-state index contributed by atoms with van der Waals surface area (Å²) in [7, 11) is 0. The Morgan fingerprint density at radius 2 is 1.83 bits per heavy atom. The molecule has 0 aliphatic carbocycles. The van der Waals surface area contributed by atoms with Crippen molar-refractivity contribution in [2.45, 2.75) is 19.3 Å². The molecule has 0 atom stereocenters. The van der Waals surface area contributed by atoms with E-state index in [1.807, 2.05) is 36.5 Å². The molecule has 3 aromatic rings. The zero-order valence-corrected chi connectivity index (χ0v) is 13.1. The van der Waals surface area contributed by atoms with Crippen molar-refractivity contribution in [1.29, 1.82) is 0 Å². The van der Waals surface area contributed by atoms with Crippen LogP contribution < -0.4 is 0 Å². The molecule has 0 bridgehead atoms. The van der Waals surface area contributed by atoms with E-state index >= 15 is 0 Å². The number of hydrogen-bond donors (Lipinski definition) is 0. The predicted octanol–water partition coefficient (Wildman–Crippen LogP) is 4.59. The molecule has 2 heterocycles. The summed E-state index contributed by atoms with van der Waals surface area (Å²) < 4.78 is 13.3. The number of aliphatic imine (C=N–C) groups is 1. The number of allylic oxidation sites excluding steroid dienone is 1. The highest BCUT2D eigenvalue weighted by molar-refractivity contribution is 5.95. The monoisotopic (exact) mass is 317 g/mol. The minimum absolute atomic E-state index is 0.233. The smallest absolute Gasteiger partial charge is 0.123 e. The lowest BCUT2D eigenvalue weighted by molar-refractivity contribution is 0.627. The van der Waals surface area contributed by atoms with Crippen molar-refractivity contribution in [3.8, 4) is 0 Å². The van der Waals surface area contributed by atoms with Gasteiger partial charge in [-0.15, -0.1) is 0 Å². The lowest BCUT2D eigenvalue weighted by atomic mass is 10.1. The minimum Gasteiger partial charge on any atom is -0.257 e. The highest BCUT2D eigenvalue weighted by Crippen LogP contribution is 2.24. The minimum atomic E-state index is -0.233. The molecule has 0 saturated heterocycles. The van der Waals surface area contributed by atoms with E-state index in [1.165, 1.54) is 12.1 Å². The summed E-state index contributed by atoms with van der Waals surface area (Å²) in [6.07, 6.45) is 6.34. The Balaban J connectivity index is 1.45. The Morgan fingerprint density at radius 3 is 2.71 bits per heavy atom. The van der Waals surface area contributed by atoms with Crippen LogP contribution in [-0.4, -0.2) is 15.7 Å². The van der Waals surface area contributed by atoms with Crippen LogP contribution in [0.3, 0.4) is 0 Å². The van der Waals surface area contributed by atoms with Gasteiger partial charge in [0.25, 0.3) is 0 Å². The molecule has 1 aliphatic heterocycles. The maximum absolute atomic E-state index is 13.3.